The van der Waals surface area contributed by atoms with Crippen LogP contribution in [0.1, 0.15) is 24.3 Å². The van der Waals surface area contributed by atoms with Crippen LogP contribution in [0.3, 0.4) is 0 Å². The van der Waals surface area contributed by atoms with Crippen molar-refractivity contribution in [3.63, 3.8) is 0 Å². The van der Waals surface area contributed by atoms with Gasteiger partial charge < -0.3 is 11.1 Å². The molecule has 1 aromatic carbocycles. The lowest BCUT2D eigenvalue weighted by molar-refractivity contribution is 0.550. The Morgan fingerprint density at radius 3 is 2.62 bits per heavy atom. The van der Waals surface area contributed by atoms with Crippen LogP contribution in [-0.2, 0) is 11.8 Å². The highest BCUT2D eigenvalue weighted by Crippen LogP contribution is 2.27. The molecule has 0 spiro atoms. The Bertz CT molecular complexity index is 559. The summed E-state index contributed by atoms with van der Waals surface area (Å²) in [6.45, 7) is 5.88. The van der Waals surface area contributed by atoms with Crippen LogP contribution in [0, 0.1) is 0 Å². The van der Waals surface area contributed by atoms with E-state index in [1.807, 2.05) is 6.07 Å². The number of thiophene rings is 1. The van der Waals surface area contributed by atoms with Gasteiger partial charge in [0.2, 0.25) is 0 Å². The van der Waals surface area contributed by atoms with E-state index in [4.69, 9.17) is 5.73 Å². The van der Waals surface area contributed by atoms with Gasteiger partial charge in [0.25, 0.3) is 0 Å². The van der Waals surface area contributed by atoms with Crippen LogP contribution >= 0.6 is 11.3 Å². The molecule has 0 amide bonds. The maximum atomic E-state index is 5.94. The van der Waals surface area contributed by atoms with E-state index < -0.39 is 0 Å². The van der Waals surface area contributed by atoms with Crippen molar-refractivity contribution < 1.29 is 0 Å². The molecule has 2 rings (SSSR count). The van der Waals surface area contributed by atoms with Gasteiger partial charge in [-0.25, -0.2) is 0 Å². The second kappa shape index (κ2) is 7.27. The first-order valence-electron chi connectivity index (χ1n) is 7.20. The third kappa shape index (κ3) is 4.90. The monoisotopic (exact) mass is 301 g/mol. The zero-order valence-corrected chi connectivity index (χ0v) is 13.5. The average molecular weight is 301 g/mol. The quantitative estimate of drug-likeness (QED) is 0.636. The summed E-state index contributed by atoms with van der Waals surface area (Å²) in [6.07, 6.45) is 0.950. The summed E-state index contributed by atoms with van der Waals surface area (Å²) in [4.78, 5) is 5.81. The van der Waals surface area contributed by atoms with E-state index >= 15 is 0 Å². The number of aliphatic imine (C=N–C) groups is 1. The van der Waals surface area contributed by atoms with Gasteiger partial charge in [0.1, 0.15) is 0 Å². The Labute approximate surface area is 130 Å². The lowest BCUT2D eigenvalue weighted by Crippen LogP contribution is -2.34. The molecule has 0 bridgehead atoms. The van der Waals surface area contributed by atoms with E-state index in [1.165, 1.54) is 10.4 Å². The van der Waals surface area contributed by atoms with Gasteiger partial charge in [-0.2, -0.15) is 0 Å². The summed E-state index contributed by atoms with van der Waals surface area (Å²) < 4.78 is 0. The van der Waals surface area contributed by atoms with Gasteiger partial charge in [-0.05, 0) is 23.4 Å². The Morgan fingerprint density at radius 2 is 1.95 bits per heavy atom. The molecule has 2 aromatic rings. The molecule has 0 fully saturated rings. The Hall–Kier alpha value is -1.81. The molecule has 21 heavy (non-hydrogen) atoms. The smallest absolute Gasteiger partial charge is 0.188 e. The van der Waals surface area contributed by atoms with Gasteiger partial charge in [-0.15, -0.1) is 11.3 Å². The molecule has 0 saturated heterocycles. The lowest BCUT2D eigenvalue weighted by atomic mass is 9.92. The lowest BCUT2D eigenvalue weighted by Gasteiger charge is -2.21. The predicted molar refractivity (Wildman–Crippen MR) is 92.0 cm³/mol. The van der Waals surface area contributed by atoms with Crippen LogP contribution in [0.5, 0.6) is 0 Å². The molecule has 0 aliphatic heterocycles. The fourth-order valence-electron chi connectivity index (χ4n) is 2.06. The number of hydrogen-bond donors (Lipinski definition) is 2. The first-order valence-corrected chi connectivity index (χ1v) is 8.07. The summed E-state index contributed by atoms with van der Waals surface area (Å²) in [7, 11) is 0. The third-order valence-electron chi connectivity index (χ3n) is 3.40. The summed E-state index contributed by atoms with van der Waals surface area (Å²) in [5, 5.41) is 5.28. The van der Waals surface area contributed by atoms with Crippen LogP contribution in [0.4, 0.5) is 0 Å². The van der Waals surface area contributed by atoms with E-state index in [0.29, 0.717) is 12.5 Å². The largest absolute Gasteiger partial charge is 0.370 e. The van der Waals surface area contributed by atoms with E-state index in [0.717, 1.165) is 13.0 Å². The van der Waals surface area contributed by atoms with E-state index in [2.05, 4.69) is 65.9 Å². The van der Waals surface area contributed by atoms with Crippen molar-refractivity contribution in [3.05, 3.63) is 58.3 Å². The predicted octanol–water partition coefficient (Wildman–Crippen LogP) is 3.17. The average Bonchev–Trinajstić information content (AvgIpc) is 3.01. The maximum Gasteiger partial charge on any atom is 0.188 e. The summed E-state index contributed by atoms with van der Waals surface area (Å²) >= 11 is 1.77. The zero-order chi connectivity index (χ0) is 15.1. The van der Waals surface area contributed by atoms with Gasteiger partial charge in [-0.3, -0.25) is 4.99 Å². The van der Waals surface area contributed by atoms with Crippen molar-refractivity contribution in [1.29, 1.82) is 0 Å². The molecule has 0 atom stereocenters. The second-order valence-electron chi connectivity index (χ2n) is 5.73. The third-order valence-corrected chi connectivity index (χ3v) is 4.63. The number of guanidine groups is 1. The Morgan fingerprint density at radius 1 is 1.19 bits per heavy atom. The molecular weight excluding hydrogens is 278 g/mol. The fourth-order valence-corrected chi connectivity index (χ4v) is 2.90. The van der Waals surface area contributed by atoms with Crippen LogP contribution in [0.15, 0.2) is 52.8 Å². The minimum atomic E-state index is 0.0277. The van der Waals surface area contributed by atoms with Crippen LogP contribution in [0.25, 0.3) is 0 Å². The summed E-state index contributed by atoms with van der Waals surface area (Å²) in [5.74, 6) is 0.524. The number of nitrogens with two attached hydrogens (primary N) is 1. The first-order chi connectivity index (χ1) is 10.1. The molecule has 3 N–H and O–H groups in total. The second-order valence-corrected chi connectivity index (χ2v) is 6.67. The summed E-state index contributed by atoms with van der Waals surface area (Å²) in [5.41, 5.74) is 7.27. The topological polar surface area (TPSA) is 50.4 Å². The fraction of sp³-hybridized carbons (Fsp3) is 0.353. The van der Waals surface area contributed by atoms with Crippen LogP contribution < -0.4 is 11.1 Å². The Kier molecular flexibility index (Phi) is 5.39. The molecule has 112 valence electrons. The molecular formula is C17H23N3S. The molecule has 0 aliphatic carbocycles. The van der Waals surface area contributed by atoms with Crippen molar-refractivity contribution in [2.75, 3.05) is 13.1 Å². The maximum absolute atomic E-state index is 5.94. The molecule has 0 saturated carbocycles. The van der Waals surface area contributed by atoms with Crippen molar-refractivity contribution in [2.45, 2.75) is 25.7 Å². The standard InChI is InChI=1S/C17H23N3S/c1-17(2,15-9-6-12-21-15)13-20-16(18)19-11-10-14-7-4-3-5-8-14/h3-9,12H,10-11,13H2,1-2H3,(H3,18,19,20). The van der Waals surface area contributed by atoms with Crippen molar-refractivity contribution >= 4 is 17.3 Å². The number of rotatable bonds is 6. The zero-order valence-electron chi connectivity index (χ0n) is 12.7. The molecule has 0 radical (unpaired) electrons. The molecule has 1 heterocycles. The first kappa shape index (κ1) is 15.6. The van der Waals surface area contributed by atoms with Crippen LogP contribution in [0.2, 0.25) is 0 Å². The SMILES string of the molecule is CC(C)(CN=C(N)NCCc1ccccc1)c1cccs1. The number of nitrogens with zero attached hydrogens (tertiary/aromatic N) is 1. The molecule has 3 nitrogen and oxygen atoms in total. The highest BCUT2D eigenvalue weighted by molar-refractivity contribution is 7.10. The molecule has 0 unspecified atom stereocenters. The van der Waals surface area contributed by atoms with E-state index in [9.17, 15) is 0 Å². The minimum absolute atomic E-state index is 0.0277. The van der Waals surface area contributed by atoms with Gasteiger partial charge >= 0.3 is 0 Å². The van der Waals surface area contributed by atoms with Crippen LogP contribution in [-0.4, -0.2) is 19.0 Å². The van der Waals surface area contributed by atoms with Crippen molar-refractivity contribution in [3.8, 4) is 0 Å². The number of nitrogens with one attached hydrogen (secondary N) is 1. The highest BCUT2D eigenvalue weighted by Gasteiger charge is 2.21. The molecule has 0 aliphatic rings. The van der Waals surface area contributed by atoms with Gasteiger partial charge in [0.05, 0.1) is 6.54 Å². The Balaban J connectivity index is 1.79. The number of hydrogen-bond acceptors (Lipinski definition) is 2. The minimum Gasteiger partial charge on any atom is -0.370 e. The normalized spacial score (nSPS) is 12.4. The van der Waals surface area contributed by atoms with Gasteiger partial charge in [0.15, 0.2) is 5.96 Å². The van der Waals surface area contributed by atoms with Gasteiger partial charge in [-0.1, -0.05) is 50.2 Å². The van der Waals surface area contributed by atoms with E-state index in [1.54, 1.807) is 11.3 Å². The van der Waals surface area contributed by atoms with Gasteiger partial charge in [0, 0.05) is 16.8 Å². The molecule has 1 aromatic heterocycles. The highest BCUT2D eigenvalue weighted by atomic mass is 32.1. The molecule has 4 heteroatoms. The number of benzene rings is 1. The van der Waals surface area contributed by atoms with E-state index in [-0.39, 0.29) is 5.41 Å². The summed E-state index contributed by atoms with van der Waals surface area (Å²) in [6, 6.07) is 14.6. The van der Waals surface area contributed by atoms with Crippen molar-refractivity contribution in [1.82, 2.24) is 5.32 Å². The van der Waals surface area contributed by atoms with Crippen molar-refractivity contribution in [2.24, 2.45) is 10.7 Å².